The Bertz CT molecular complexity index is 1400. The molecule has 2 heterocycles. The molecule has 1 aliphatic rings. The summed E-state index contributed by atoms with van der Waals surface area (Å²) < 4.78 is 4.46. The van der Waals surface area contributed by atoms with E-state index in [0.29, 0.717) is 6.42 Å². The summed E-state index contributed by atoms with van der Waals surface area (Å²) in [6.07, 6.45) is 25.6. The maximum Gasteiger partial charge on any atom is 0.265 e. The minimum atomic E-state index is 0.677. The Morgan fingerprint density at radius 1 is 0.750 bits per heavy atom. The second-order valence-corrected chi connectivity index (χ2v) is 8.02. The highest BCUT2D eigenvalue weighted by Gasteiger charge is 2.16. The summed E-state index contributed by atoms with van der Waals surface area (Å²) in [5.74, 6) is 12.6. The van der Waals surface area contributed by atoms with Crippen LogP contribution in [0.1, 0.15) is 49.9 Å². The number of benzene rings is 1. The molecule has 0 spiro atoms. The second kappa shape index (κ2) is 10.5. The lowest BCUT2D eigenvalue weighted by atomic mass is 10.1. The Morgan fingerprint density at radius 3 is 2.38 bits per heavy atom. The van der Waals surface area contributed by atoms with Crippen LogP contribution in [0.25, 0.3) is 22.9 Å². The number of rotatable bonds is 6. The molecule has 1 aromatic carbocycles. The van der Waals surface area contributed by atoms with Crippen LogP contribution in [-0.2, 0) is 13.1 Å². The van der Waals surface area contributed by atoms with Crippen LogP contribution in [0.4, 0.5) is 0 Å². The molecule has 0 saturated carbocycles. The molecule has 0 unspecified atom stereocenters. The maximum atomic E-state index is 5.55. The number of hydrogen-bond acceptors (Lipinski definition) is 0. The topological polar surface area (TPSA) is 7.76 Å². The smallest absolute Gasteiger partial charge is 0.191 e. The van der Waals surface area contributed by atoms with E-state index in [9.17, 15) is 0 Å². The van der Waals surface area contributed by atoms with Crippen LogP contribution in [0.3, 0.4) is 0 Å². The number of aromatic nitrogens is 2. The van der Waals surface area contributed by atoms with Crippen molar-refractivity contribution in [3.8, 4) is 36.5 Å². The number of hydrogen-bond donors (Lipinski definition) is 0. The Balaban J connectivity index is 1.84. The number of nitrogens with zero attached hydrogens (tertiary/aromatic N) is 2. The monoisotopic (exact) mass is 416 g/mol. The van der Waals surface area contributed by atoms with Gasteiger partial charge in [0.1, 0.15) is 6.54 Å². The zero-order chi connectivity index (χ0) is 22.2. The van der Waals surface area contributed by atoms with Gasteiger partial charge in [0.05, 0.1) is 17.0 Å². The Kier molecular flexibility index (Phi) is 7.02. The standard InChI is InChI=1S/C30H28N2/c1-3-5-7-12-22-32-24-20-26-14-9-11-16-28(26)30(32)18-17-29-27-15-10-8-13-25(27)19-23-31(29)21-6-4-2/h1-2,8,10,13-16,19-20,23-24H,5-7,9,11-12,21-22H2/q+2. The average Bonchev–Trinajstić information content (AvgIpc) is 2.84. The third-order valence-electron chi connectivity index (χ3n) is 5.87. The van der Waals surface area contributed by atoms with Gasteiger partial charge in [0.25, 0.3) is 11.4 Å². The van der Waals surface area contributed by atoms with Crippen molar-refractivity contribution in [1.82, 2.24) is 0 Å². The molecule has 0 amide bonds. The molecule has 2 heteroatoms. The highest BCUT2D eigenvalue weighted by atomic mass is 15.0. The van der Waals surface area contributed by atoms with Crippen LogP contribution < -0.4 is 19.6 Å². The van der Waals surface area contributed by atoms with Gasteiger partial charge in [-0.1, -0.05) is 30.4 Å². The second-order valence-electron chi connectivity index (χ2n) is 8.02. The van der Waals surface area contributed by atoms with Gasteiger partial charge in [-0.25, -0.2) is 0 Å². The van der Waals surface area contributed by atoms with E-state index >= 15 is 0 Å². The molecule has 0 bridgehead atoms. The van der Waals surface area contributed by atoms with Crippen molar-refractivity contribution in [2.75, 3.05) is 0 Å². The van der Waals surface area contributed by atoms with E-state index < -0.39 is 0 Å². The van der Waals surface area contributed by atoms with Crippen molar-refractivity contribution < 1.29 is 9.13 Å². The Hall–Kier alpha value is -3.80. The van der Waals surface area contributed by atoms with E-state index in [-0.39, 0.29) is 0 Å². The van der Waals surface area contributed by atoms with Crippen molar-refractivity contribution in [2.24, 2.45) is 0 Å². The number of pyridine rings is 2. The van der Waals surface area contributed by atoms with E-state index in [2.05, 4.69) is 93.8 Å². The molecule has 2 nitrogen and oxygen atoms in total. The predicted octanol–water partition coefficient (Wildman–Crippen LogP) is 3.00. The van der Waals surface area contributed by atoms with Gasteiger partial charge < -0.3 is 0 Å². The van der Waals surface area contributed by atoms with Gasteiger partial charge in [-0.15, -0.1) is 24.7 Å². The van der Waals surface area contributed by atoms with Crippen LogP contribution in [0, 0.1) is 36.5 Å². The summed E-state index contributed by atoms with van der Waals surface area (Å²) in [4.78, 5) is 0. The Morgan fingerprint density at radius 2 is 1.50 bits per heavy atom. The minimum absolute atomic E-state index is 0.677. The van der Waals surface area contributed by atoms with Crippen molar-refractivity contribution >= 4 is 22.9 Å². The Labute approximate surface area is 190 Å². The van der Waals surface area contributed by atoms with Gasteiger partial charge in [-0.3, -0.25) is 0 Å². The zero-order valence-corrected chi connectivity index (χ0v) is 18.5. The molecule has 0 fully saturated rings. The van der Waals surface area contributed by atoms with Crippen LogP contribution >= 0.6 is 0 Å². The lowest BCUT2D eigenvalue weighted by Gasteiger charge is -2.04. The van der Waals surface area contributed by atoms with E-state index in [1.165, 1.54) is 15.8 Å². The minimum Gasteiger partial charge on any atom is -0.191 e. The summed E-state index contributed by atoms with van der Waals surface area (Å²) in [6, 6.07) is 12.7. The molecule has 156 valence electrons. The molecule has 0 radical (unpaired) electrons. The summed E-state index contributed by atoms with van der Waals surface area (Å²) in [5.41, 5.74) is 2.09. The molecule has 0 atom stereocenters. The van der Waals surface area contributed by atoms with Gasteiger partial charge in [0.2, 0.25) is 0 Å². The van der Waals surface area contributed by atoms with Crippen LogP contribution in [0.2, 0.25) is 0 Å². The fraction of sp³-hybridized carbons (Fsp3) is 0.267. The molecule has 0 aliphatic heterocycles. The van der Waals surface area contributed by atoms with E-state index in [4.69, 9.17) is 12.8 Å². The lowest BCUT2D eigenvalue weighted by Crippen LogP contribution is -2.48. The first-order valence-corrected chi connectivity index (χ1v) is 11.3. The predicted molar refractivity (Wildman–Crippen MR) is 130 cm³/mol. The van der Waals surface area contributed by atoms with Crippen LogP contribution in [-0.4, -0.2) is 0 Å². The highest BCUT2D eigenvalue weighted by molar-refractivity contribution is 5.85. The van der Waals surface area contributed by atoms with Crippen molar-refractivity contribution in [3.05, 3.63) is 70.6 Å². The molecular formula is C30H28N2+2. The van der Waals surface area contributed by atoms with Crippen LogP contribution in [0.5, 0.6) is 0 Å². The van der Waals surface area contributed by atoms with Gasteiger partial charge in [-0.05, 0) is 35.9 Å². The third-order valence-corrected chi connectivity index (χ3v) is 5.87. The highest BCUT2D eigenvalue weighted by Crippen LogP contribution is 2.14. The first-order chi connectivity index (χ1) is 15.8. The molecule has 2 aromatic heterocycles. The van der Waals surface area contributed by atoms with E-state index in [1.807, 2.05) is 0 Å². The first kappa shape index (κ1) is 21.4. The fourth-order valence-electron chi connectivity index (χ4n) is 4.21. The lowest BCUT2D eigenvalue weighted by molar-refractivity contribution is -0.700. The number of fused-ring (bicyclic) bond motifs is 2. The third kappa shape index (κ3) is 4.75. The number of aryl methyl sites for hydroxylation is 2. The zero-order valence-electron chi connectivity index (χ0n) is 18.5. The number of unbranched alkanes of at least 4 members (excludes halogenated alkanes) is 2. The van der Waals surface area contributed by atoms with Crippen LogP contribution in [0.15, 0.2) is 48.8 Å². The van der Waals surface area contributed by atoms with E-state index in [1.54, 1.807) is 0 Å². The summed E-state index contributed by atoms with van der Waals surface area (Å²) in [7, 11) is 0. The molecular weight excluding hydrogens is 388 g/mol. The van der Waals surface area contributed by atoms with E-state index in [0.717, 1.165) is 62.0 Å². The largest absolute Gasteiger partial charge is 0.265 e. The van der Waals surface area contributed by atoms with Crippen molar-refractivity contribution in [3.63, 3.8) is 0 Å². The molecule has 0 saturated heterocycles. The van der Waals surface area contributed by atoms with Gasteiger partial charge in [0, 0.05) is 36.8 Å². The first-order valence-electron chi connectivity index (χ1n) is 11.3. The summed E-state index contributed by atoms with van der Waals surface area (Å²) in [5, 5.41) is 4.86. The molecule has 1 aliphatic carbocycles. The average molecular weight is 417 g/mol. The molecule has 3 aromatic rings. The van der Waals surface area contributed by atoms with Crippen molar-refractivity contribution in [2.45, 2.75) is 51.6 Å². The quantitative estimate of drug-likeness (QED) is 0.332. The van der Waals surface area contributed by atoms with Gasteiger partial charge in [0.15, 0.2) is 18.9 Å². The molecule has 32 heavy (non-hydrogen) atoms. The van der Waals surface area contributed by atoms with Gasteiger partial charge in [-0.2, -0.15) is 9.13 Å². The number of terminal acetylenes is 2. The van der Waals surface area contributed by atoms with Crippen molar-refractivity contribution in [1.29, 1.82) is 0 Å². The van der Waals surface area contributed by atoms with Gasteiger partial charge >= 0.3 is 0 Å². The summed E-state index contributed by atoms with van der Waals surface area (Å²) in [6.45, 7) is 1.67. The normalized spacial score (nSPS) is 11.8. The SMILES string of the molecule is C#CCCCC[n+]1ccc2c(c1C#Cc1c3ccccc3cc[n+]1CCC#C)=CCCC=2. The molecule has 4 rings (SSSR count). The maximum absolute atomic E-state index is 5.55. The molecule has 0 N–H and O–H groups in total. The fourth-order valence-corrected chi connectivity index (χ4v) is 4.21. The summed E-state index contributed by atoms with van der Waals surface area (Å²) >= 11 is 0.